The van der Waals surface area contributed by atoms with Crippen molar-refractivity contribution in [3.05, 3.63) is 0 Å². The zero-order valence-corrected chi connectivity index (χ0v) is 8.99. The second-order valence-corrected chi connectivity index (χ2v) is 6.01. The van der Waals surface area contributed by atoms with Gasteiger partial charge in [-0.25, -0.2) is 0 Å². The first-order valence-corrected chi connectivity index (χ1v) is 5.72. The minimum atomic E-state index is -2.39. The molecule has 0 radical (unpaired) electrons. The molecule has 0 saturated heterocycles. The summed E-state index contributed by atoms with van der Waals surface area (Å²) >= 11 is 0. The van der Waals surface area contributed by atoms with E-state index in [9.17, 15) is 0 Å². The van der Waals surface area contributed by atoms with Gasteiger partial charge in [0.2, 0.25) is 0 Å². The molecule has 12 heavy (non-hydrogen) atoms. The van der Waals surface area contributed by atoms with E-state index < -0.39 is 8.80 Å². The fraction of sp³-hybridized carbons (Fsp3) is 1.00. The van der Waals surface area contributed by atoms with Crippen LogP contribution in [-0.2, 0) is 18.0 Å². The van der Waals surface area contributed by atoms with E-state index in [1.165, 1.54) is 0 Å². The maximum Gasteiger partial charge on any atom is 0.506 e. The highest BCUT2D eigenvalue weighted by atomic mass is 28.4. The quantitative estimate of drug-likeness (QED) is 0.599. The number of methoxy groups -OCH3 is 1. The number of hydrogen-bond acceptors (Lipinski definition) is 4. The first-order chi connectivity index (χ1) is 5.74. The van der Waals surface area contributed by atoms with Crippen molar-refractivity contribution in [1.29, 1.82) is 0 Å². The van der Waals surface area contributed by atoms with Crippen molar-refractivity contribution in [2.75, 3.05) is 28.4 Å². The van der Waals surface area contributed by atoms with Gasteiger partial charge in [0, 0.05) is 28.4 Å². The minimum Gasteiger partial charge on any atom is -0.381 e. The second-order valence-electron chi connectivity index (χ2n) is 2.83. The van der Waals surface area contributed by atoms with E-state index in [0.717, 1.165) is 6.42 Å². The van der Waals surface area contributed by atoms with Crippen LogP contribution in [-0.4, -0.2) is 43.3 Å². The zero-order chi connectivity index (χ0) is 9.19. The first kappa shape index (κ1) is 10.1. The summed E-state index contributed by atoms with van der Waals surface area (Å²) in [5, 5.41) is 0. The van der Waals surface area contributed by atoms with E-state index in [4.69, 9.17) is 18.0 Å². The Morgan fingerprint density at radius 2 is 1.50 bits per heavy atom. The van der Waals surface area contributed by atoms with Crippen LogP contribution in [0.2, 0.25) is 5.54 Å². The van der Waals surface area contributed by atoms with Crippen LogP contribution < -0.4 is 0 Å². The Labute approximate surface area is 74.1 Å². The molecule has 5 heteroatoms. The van der Waals surface area contributed by atoms with Gasteiger partial charge in [0.25, 0.3) is 0 Å². The van der Waals surface area contributed by atoms with Crippen molar-refractivity contribution >= 4 is 8.80 Å². The Hall–Kier alpha value is 0.0569. The fourth-order valence-electron chi connectivity index (χ4n) is 1.51. The molecule has 0 aromatic carbocycles. The summed E-state index contributed by atoms with van der Waals surface area (Å²) in [7, 11) is 4.19. The molecular weight excluding hydrogens is 176 g/mol. The van der Waals surface area contributed by atoms with Crippen molar-refractivity contribution in [1.82, 2.24) is 0 Å². The molecule has 1 aliphatic rings. The summed E-state index contributed by atoms with van der Waals surface area (Å²) in [4.78, 5) is 0. The van der Waals surface area contributed by atoms with E-state index in [1.54, 1.807) is 28.4 Å². The predicted octanol–water partition coefficient (Wildman–Crippen LogP) is 0.653. The third-order valence-electron chi connectivity index (χ3n) is 2.34. The van der Waals surface area contributed by atoms with Gasteiger partial charge in [-0.15, -0.1) is 0 Å². The summed E-state index contributed by atoms with van der Waals surface area (Å²) in [6.07, 6.45) is 1.25. The molecule has 2 atom stereocenters. The highest BCUT2D eigenvalue weighted by Gasteiger charge is 2.60. The predicted molar refractivity (Wildman–Crippen MR) is 45.9 cm³/mol. The normalized spacial score (nSPS) is 29.0. The SMILES string of the molecule is CO[C@@H]1C[C@H]1[Si](OC)(OC)OC. The van der Waals surface area contributed by atoms with Crippen molar-refractivity contribution in [2.45, 2.75) is 18.1 Å². The van der Waals surface area contributed by atoms with Crippen molar-refractivity contribution < 1.29 is 18.0 Å². The molecule has 1 fully saturated rings. The Morgan fingerprint density at radius 1 is 1.00 bits per heavy atom. The van der Waals surface area contributed by atoms with Crippen molar-refractivity contribution in [3.8, 4) is 0 Å². The van der Waals surface area contributed by atoms with Crippen LogP contribution in [0.5, 0.6) is 0 Å². The summed E-state index contributed by atoms with van der Waals surface area (Å²) in [6.45, 7) is 0. The molecule has 0 bridgehead atoms. The van der Waals surface area contributed by atoms with Crippen LogP contribution >= 0.6 is 0 Å². The third-order valence-corrected chi connectivity index (χ3v) is 5.57. The van der Waals surface area contributed by atoms with E-state index in [-0.39, 0.29) is 6.10 Å². The van der Waals surface area contributed by atoms with Crippen LogP contribution in [0.15, 0.2) is 0 Å². The van der Waals surface area contributed by atoms with Crippen LogP contribution in [0, 0.1) is 0 Å². The molecule has 0 N–H and O–H groups in total. The largest absolute Gasteiger partial charge is 0.506 e. The van der Waals surface area contributed by atoms with Gasteiger partial charge in [0.15, 0.2) is 0 Å². The highest BCUT2D eigenvalue weighted by molar-refractivity contribution is 6.63. The molecule has 0 aliphatic heterocycles. The van der Waals surface area contributed by atoms with Gasteiger partial charge in [0.05, 0.1) is 11.6 Å². The van der Waals surface area contributed by atoms with Gasteiger partial charge < -0.3 is 18.0 Å². The lowest BCUT2D eigenvalue weighted by Gasteiger charge is -2.24. The number of ether oxygens (including phenoxy) is 1. The van der Waals surface area contributed by atoms with E-state index >= 15 is 0 Å². The van der Waals surface area contributed by atoms with Gasteiger partial charge in [-0.3, -0.25) is 0 Å². The molecule has 1 aliphatic carbocycles. The molecule has 0 amide bonds. The van der Waals surface area contributed by atoms with Crippen LogP contribution in [0.25, 0.3) is 0 Å². The van der Waals surface area contributed by atoms with Gasteiger partial charge in [-0.2, -0.15) is 0 Å². The first-order valence-electron chi connectivity index (χ1n) is 3.92. The molecule has 0 aromatic rings. The van der Waals surface area contributed by atoms with Gasteiger partial charge in [-0.1, -0.05) is 0 Å². The molecule has 4 nitrogen and oxygen atoms in total. The van der Waals surface area contributed by atoms with E-state index in [1.807, 2.05) is 0 Å². The Morgan fingerprint density at radius 3 is 1.75 bits per heavy atom. The topological polar surface area (TPSA) is 36.9 Å². The summed E-state index contributed by atoms with van der Waals surface area (Å²) < 4.78 is 21.1. The minimum absolute atomic E-state index is 0.261. The molecule has 1 rings (SSSR count). The average molecular weight is 192 g/mol. The van der Waals surface area contributed by atoms with E-state index in [0.29, 0.717) is 5.54 Å². The Kier molecular flexibility index (Phi) is 3.25. The standard InChI is InChI=1S/C7H16O4Si/c1-8-6-5-7(6)12(9-2,10-3)11-4/h6-7H,5H2,1-4H3/t6-,7-/m1/s1. The van der Waals surface area contributed by atoms with Gasteiger partial charge in [-0.05, 0) is 6.42 Å². The highest BCUT2D eigenvalue weighted by Crippen LogP contribution is 2.48. The van der Waals surface area contributed by atoms with E-state index in [2.05, 4.69) is 0 Å². The lowest BCUT2D eigenvalue weighted by atomic mass is 10.8. The summed E-state index contributed by atoms with van der Waals surface area (Å²) in [5.74, 6) is 0. The molecule has 0 unspecified atom stereocenters. The van der Waals surface area contributed by atoms with Crippen LogP contribution in [0.4, 0.5) is 0 Å². The summed E-state index contributed by atoms with van der Waals surface area (Å²) in [5.41, 5.74) is 0.322. The van der Waals surface area contributed by atoms with Gasteiger partial charge >= 0.3 is 8.80 Å². The smallest absolute Gasteiger partial charge is 0.381 e. The molecule has 0 aromatic heterocycles. The monoisotopic (exact) mass is 192 g/mol. The molecule has 1 saturated carbocycles. The van der Waals surface area contributed by atoms with Crippen molar-refractivity contribution in [2.24, 2.45) is 0 Å². The molecule has 72 valence electrons. The molecule has 0 spiro atoms. The maximum atomic E-state index is 5.31. The molecule has 0 heterocycles. The van der Waals surface area contributed by atoms with Crippen molar-refractivity contribution in [3.63, 3.8) is 0 Å². The fourth-order valence-corrected chi connectivity index (χ4v) is 4.03. The Balaban J connectivity index is 2.55. The number of rotatable bonds is 5. The maximum absolute atomic E-state index is 5.31. The van der Waals surface area contributed by atoms with Gasteiger partial charge in [0.1, 0.15) is 0 Å². The summed E-state index contributed by atoms with van der Waals surface area (Å²) in [6, 6.07) is 0. The lowest BCUT2D eigenvalue weighted by molar-refractivity contribution is 0.108. The zero-order valence-electron chi connectivity index (χ0n) is 7.99. The third kappa shape index (κ3) is 1.55. The second kappa shape index (κ2) is 3.84. The average Bonchev–Trinajstić information content (AvgIpc) is 2.89. The van der Waals surface area contributed by atoms with Crippen LogP contribution in [0.1, 0.15) is 6.42 Å². The van der Waals surface area contributed by atoms with Crippen LogP contribution in [0.3, 0.4) is 0 Å². The lowest BCUT2D eigenvalue weighted by Crippen LogP contribution is -2.44. The Bertz CT molecular complexity index is 140. The molecular formula is C7H16O4Si. The number of hydrogen-bond donors (Lipinski definition) is 0.